The predicted molar refractivity (Wildman–Crippen MR) is 110 cm³/mol. The van der Waals surface area contributed by atoms with Crippen molar-refractivity contribution >= 4 is 0 Å². The summed E-state index contributed by atoms with van der Waals surface area (Å²) >= 11 is 0. The fourth-order valence-electron chi connectivity index (χ4n) is 3.57. The first-order chi connectivity index (χ1) is 13.6. The van der Waals surface area contributed by atoms with Crippen LogP contribution in [0.4, 0.5) is 4.39 Å². The molecule has 3 rings (SSSR count). The van der Waals surface area contributed by atoms with Crippen molar-refractivity contribution < 1.29 is 14.2 Å². The van der Waals surface area contributed by atoms with Gasteiger partial charge in [-0.15, -0.1) is 0 Å². The zero-order valence-electron chi connectivity index (χ0n) is 16.6. The highest BCUT2D eigenvalue weighted by Crippen LogP contribution is 2.18. The number of ether oxygens (including phenoxy) is 1. The summed E-state index contributed by atoms with van der Waals surface area (Å²) in [6, 6.07) is 18.2. The molecule has 0 aliphatic carbocycles. The highest BCUT2D eigenvalue weighted by Gasteiger charge is 2.18. The third-order valence-corrected chi connectivity index (χ3v) is 5.11. The molecule has 0 saturated carbocycles. The summed E-state index contributed by atoms with van der Waals surface area (Å²) in [5.74, 6) is 0.760. The van der Waals surface area contributed by atoms with Crippen LogP contribution < -0.4 is 4.74 Å². The molecule has 2 aromatic carbocycles. The van der Waals surface area contributed by atoms with Gasteiger partial charge in [0.25, 0.3) is 0 Å². The zero-order chi connectivity index (χ0) is 19.8. The van der Waals surface area contributed by atoms with Gasteiger partial charge in [0.2, 0.25) is 0 Å². The Morgan fingerprint density at radius 1 is 1.07 bits per heavy atom. The molecule has 28 heavy (non-hydrogen) atoms. The van der Waals surface area contributed by atoms with Crippen LogP contribution in [0, 0.1) is 0 Å². The number of nitrogens with zero attached hydrogens (tertiary/aromatic N) is 2. The van der Waals surface area contributed by atoms with Crippen molar-refractivity contribution in [3.63, 3.8) is 0 Å². The Morgan fingerprint density at radius 2 is 1.75 bits per heavy atom. The van der Waals surface area contributed by atoms with Gasteiger partial charge in [0.1, 0.15) is 24.6 Å². The minimum Gasteiger partial charge on any atom is -0.491 e. The van der Waals surface area contributed by atoms with Gasteiger partial charge in [-0.05, 0) is 43.1 Å². The molecule has 0 bridgehead atoms. The molecule has 1 N–H and O–H groups in total. The number of piperidine rings is 1. The van der Waals surface area contributed by atoms with Crippen molar-refractivity contribution in [3.8, 4) is 5.75 Å². The fraction of sp³-hybridized carbons (Fsp3) is 0.478. The van der Waals surface area contributed by atoms with Crippen LogP contribution in [-0.2, 0) is 13.1 Å². The monoisotopic (exact) mass is 386 g/mol. The van der Waals surface area contributed by atoms with E-state index in [1.807, 2.05) is 49.5 Å². The van der Waals surface area contributed by atoms with E-state index in [2.05, 4.69) is 21.9 Å². The molecule has 5 heteroatoms. The van der Waals surface area contributed by atoms with Crippen LogP contribution in [0.25, 0.3) is 0 Å². The van der Waals surface area contributed by atoms with Gasteiger partial charge in [0.15, 0.2) is 0 Å². The first-order valence-corrected chi connectivity index (χ1v) is 10.1. The Kier molecular flexibility index (Phi) is 7.83. The molecular formula is C23H31FN2O2. The van der Waals surface area contributed by atoms with Crippen molar-refractivity contribution in [2.24, 2.45) is 0 Å². The van der Waals surface area contributed by atoms with Crippen molar-refractivity contribution in [1.29, 1.82) is 0 Å². The number of hydrogen-bond donors (Lipinski definition) is 1. The number of aliphatic hydroxyl groups excluding tert-OH is 1. The number of aliphatic hydroxyl groups is 1. The molecule has 2 aromatic rings. The summed E-state index contributed by atoms with van der Waals surface area (Å²) in [6.07, 6.45) is 0.0934. The lowest BCUT2D eigenvalue weighted by atomic mass is 10.1. The Morgan fingerprint density at radius 3 is 2.43 bits per heavy atom. The van der Waals surface area contributed by atoms with E-state index in [0.717, 1.165) is 31.9 Å². The van der Waals surface area contributed by atoms with Crippen molar-refractivity contribution in [2.75, 3.05) is 33.3 Å². The Balaban J connectivity index is 1.38. The van der Waals surface area contributed by atoms with Gasteiger partial charge >= 0.3 is 0 Å². The number of hydrogen-bond acceptors (Lipinski definition) is 4. The zero-order valence-corrected chi connectivity index (χ0v) is 16.6. The molecular weight excluding hydrogens is 355 g/mol. The average Bonchev–Trinajstić information content (AvgIpc) is 2.70. The van der Waals surface area contributed by atoms with Gasteiger partial charge in [-0.1, -0.05) is 42.5 Å². The number of likely N-dealkylation sites (N-methyl/N-ethyl adjacent to an activating group) is 1. The normalized spacial score (nSPS) is 17.0. The number of likely N-dealkylation sites (tertiary alicyclic amines) is 1. The van der Waals surface area contributed by atoms with E-state index in [1.54, 1.807) is 0 Å². The van der Waals surface area contributed by atoms with E-state index in [0.29, 0.717) is 19.4 Å². The molecule has 1 saturated heterocycles. The van der Waals surface area contributed by atoms with Gasteiger partial charge in [-0.3, -0.25) is 9.80 Å². The van der Waals surface area contributed by atoms with E-state index in [9.17, 15) is 9.50 Å². The van der Waals surface area contributed by atoms with E-state index in [4.69, 9.17) is 4.74 Å². The van der Waals surface area contributed by atoms with Gasteiger partial charge in [0.05, 0.1) is 0 Å². The standard InChI is InChI=1S/C23H31FN2O2/c1-25(15-19-5-3-2-4-6-19)17-22(27)18-28-23-9-7-20(8-10-23)16-26-13-11-21(24)12-14-26/h2-10,21-22,27H,11-18H2,1H3/t22-/m0/s1. The summed E-state index contributed by atoms with van der Waals surface area (Å²) in [4.78, 5) is 4.38. The van der Waals surface area contributed by atoms with Crippen LogP contribution >= 0.6 is 0 Å². The second-order valence-corrected chi connectivity index (χ2v) is 7.74. The third kappa shape index (κ3) is 6.89. The SMILES string of the molecule is CN(Cc1ccccc1)C[C@H](O)COc1ccc(CN2CCC(F)CC2)cc1. The van der Waals surface area contributed by atoms with E-state index in [-0.39, 0.29) is 6.61 Å². The van der Waals surface area contributed by atoms with Crippen LogP contribution in [-0.4, -0.2) is 60.5 Å². The highest BCUT2D eigenvalue weighted by molar-refractivity contribution is 5.27. The van der Waals surface area contributed by atoms with Crippen LogP contribution in [0.5, 0.6) is 5.75 Å². The van der Waals surface area contributed by atoms with E-state index < -0.39 is 12.3 Å². The second kappa shape index (κ2) is 10.6. The lowest BCUT2D eigenvalue weighted by molar-refractivity contribution is 0.0744. The Bertz CT molecular complexity index is 688. The van der Waals surface area contributed by atoms with Gasteiger partial charge < -0.3 is 9.84 Å². The molecule has 152 valence electrons. The van der Waals surface area contributed by atoms with Gasteiger partial charge in [-0.25, -0.2) is 4.39 Å². The highest BCUT2D eigenvalue weighted by atomic mass is 19.1. The molecule has 0 unspecified atom stereocenters. The second-order valence-electron chi connectivity index (χ2n) is 7.74. The van der Waals surface area contributed by atoms with Crippen molar-refractivity contribution in [3.05, 3.63) is 65.7 Å². The van der Waals surface area contributed by atoms with Crippen LogP contribution in [0.1, 0.15) is 24.0 Å². The number of rotatable bonds is 9. The quantitative estimate of drug-likeness (QED) is 0.716. The lowest BCUT2D eigenvalue weighted by Gasteiger charge is -2.28. The predicted octanol–water partition coefficient (Wildman–Crippen LogP) is 3.49. The summed E-state index contributed by atoms with van der Waals surface area (Å²) < 4.78 is 19.0. The number of alkyl halides is 1. The third-order valence-electron chi connectivity index (χ3n) is 5.11. The minimum absolute atomic E-state index is 0.266. The van der Waals surface area contributed by atoms with Crippen molar-refractivity contribution in [1.82, 2.24) is 9.80 Å². The van der Waals surface area contributed by atoms with Crippen LogP contribution in [0.15, 0.2) is 54.6 Å². The largest absolute Gasteiger partial charge is 0.491 e. The van der Waals surface area contributed by atoms with Crippen molar-refractivity contribution in [2.45, 2.75) is 38.2 Å². The maximum absolute atomic E-state index is 13.2. The van der Waals surface area contributed by atoms with Crippen LogP contribution in [0.3, 0.4) is 0 Å². The lowest BCUT2D eigenvalue weighted by Crippen LogP contribution is -2.33. The first kappa shape index (κ1) is 20.8. The molecule has 0 radical (unpaired) electrons. The number of halogens is 1. The maximum Gasteiger partial charge on any atom is 0.119 e. The summed E-state index contributed by atoms with van der Waals surface area (Å²) in [7, 11) is 2.00. The first-order valence-electron chi connectivity index (χ1n) is 10.1. The van der Waals surface area contributed by atoms with Gasteiger partial charge in [-0.2, -0.15) is 0 Å². The molecule has 0 spiro atoms. The van der Waals surface area contributed by atoms with Gasteiger partial charge in [0, 0.05) is 32.7 Å². The average molecular weight is 387 g/mol. The molecule has 0 amide bonds. The van der Waals surface area contributed by atoms with E-state index in [1.165, 1.54) is 11.1 Å². The summed E-state index contributed by atoms with van der Waals surface area (Å²) in [5.41, 5.74) is 2.43. The summed E-state index contributed by atoms with van der Waals surface area (Å²) in [6.45, 7) is 4.11. The molecule has 1 aliphatic heterocycles. The number of benzene rings is 2. The topological polar surface area (TPSA) is 35.9 Å². The maximum atomic E-state index is 13.2. The molecule has 1 atom stereocenters. The smallest absolute Gasteiger partial charge is 0.119 e. The molecule has 4 nitrogen and oxygen atoms in total. The van der Waals surface area contributed by atoms with Crippen LogP contribution in [0.2, 0.25) is 0 Å². The Labute approximate surface area is 167 Å². The summed E-state index contributed by atoms with van der Waals surface area (Å²) in [5, 5.41) is 10.2. The molecule has 1 aliphatic rings. The Hall–Kier alpha value is -1.95. The molecule has 0 aromatic heterocycles. The molecule has 1 heterocycles. The fourth-order valence-corrected chi connectivity index (χ4v) is 3.57. The molecule has 1 fully saturated rings. The van der Waals surface area contributed by atoms with E-state index >= 15 is 0 Å². The minimum atomic E-state index is -0.634.